The summed E-state index contributed by atoms with van der Waals surface area (Å²) in [4.78, 5) is 15.7. The number of hydrogen-bond donors (Lipinski definition) is 2. The number of aromatic amines is 1. The van der Waals surface area contributed by atoms with Crippen molar-refractivity contribution >= 4 is 22.6 Å². The van der Waals surface area contributed by atoms with E-state index in [4.69, 9.17) is 4.74 Å². The molecule has 6 heteroatoms. The molecule has 1 aromatic carbocycles. The van der Waals surface area contributed by atoms with Gasteiger partial charge in [0.15, 0.2) is 0 Å². The van der Waals surface area contributed by atoms with Gasteiger partial charge in [0, 0.05) is 36.0 Å². The van der Waals surface area contributed by atoms with Crippen molar-refractivity contribution in [2.75, 3.05) is 18.5 Å². The standard InChI is InChI=1S/C18H20N4O2/c1-12-2-3-14-9-16(20-15(14)8-12)18(23)21-17-4-6-19-22(17)10-13-5-7-24-11-13/h2-4,6,8-9,13,20H,5,7,10-11H2,1H3,(H,21,23). The van der Waals surface area contributed by atoms with Crippen molar-refractivity contribution in [3.63, 3.8) is 0 Å². The molecule has 1 amide bonds. The van der Waals surface area contributed by atoms with Crippen molar-refractivity contribution in [2.45, 2.75) is 19.9 Å². The number of amides is 1. The van der Waals surface area contributed by atoms with Crippen molar-refractivity contribution < 1.29 is 9.53 Å². The number of nitrogens with one attached hydrogen (secondary N) is 2. The molecule has 124 valence electrons. The summed E-state index contributed by atoms with van der Waals surface area (Å²) in [5.41, 5.74) is 2.68. The average Bonchev–Trinajstić information content (AvgIpc) is 3.29. The van der Waals surface area contributed by atoms with E-state index in [1.165, 1.54) is 0 Å². The van der Waals surface area contributed by atoms with Crippen LogP contribution < -0.4 is 5.32 Å². The molecule has 24 heavy (non-hydrogen) atoms. The zero-order chi connectivity index (χ0) is 16.5. The third-order valence-corrected chi connectivity index (χ3v) is 4.44. The van der Waals surface area contributed by atoms with Crippen molar-refractivity contribution in [3.8, 4) is 0 Å². The molecule has 1 unspecified atom stereocenters. The van der Waals surface area contributed by atoms with Gasteiger partial charge in [-0.1, -0.05) is 12.1 Å². The molecule has 1 fully saturated rings. The van der Waals surface area contributed by atoms with E-state index in [1.807, 2.05) is 41.9 Å². The van der Waals surface area contributed by atoms with Gasteiger partial charge in [0.2, 0.25) is 0 Å². The topological polar surface area (TPSA) is 71.9 Å². The summed E-state index contributed by atoms with van der Waals surface area (Å²) in [7, 11) is 0. The fraction of sp³-hybridized carbons (Fsp3) is 0.333. The highest BCUT2D eigenvalue weighted by Gasteiger charge is 2.19. The fourth-order valence-electron chi connectivity index (χ4n) is 3.10. The van der Waals surface area contributed by atoms with Crippen LogP contribution in [0.2, 0.25) is 0 Å². The minimum Gasteiger partial charge on any atom is -0.381 e. The molecule has 6 nitrogen and oxygen atoms in total. The van der Waals surface area contributed by atoms with E-state index in [-0.39, 0.29) is 5.91 Å². The lowest BCUT2D eigenvalue weighted by atomic mass is 10.1. The molecule has 0 spiro atoms. The second kappa shape index (κ2) is 6.13. The molecule has 0 saturated carbocycles. The maximum absolute atomic E-state index is 12.5. The number of H-pyrrole nitrogens is 1. The van der Waals surface area contributed by atoms with E-state index >= 15 is 0 Å². The van der Waals surface area contributed by atoms with Crippen molar-refractivity contribution in [2.24, 2.45) is 5.92 Å². The van der Waals surface area contributed by atoms with E-state index in [0.29, 0.717) is 17.4 Å². The van der Waals surface area contributed by atoms with Crippen LogP contribution >= 0.6 is 0 Å². The molecule has 4 rings (SSSR count). The number of fused-ring (bicyclic) bond motifs is 1. The second-order valence-corrected chi connectivity index (χ2v) is 6.36. The minimum atomic E-state index is -0.159. The zero-order valence-corrected chi connectivity index (χ0v) is 13.6. The molecule has 2 aromatic heterocycles. The van der Waals surface area contributed by atoms with E-state index < -0.39 is 0 Å². The third kappa shape index (κ3) is 2.92. The maximum atomic E-state index is 12.5. The first-order chi connectivity index (χ1) is 11.7. The summed E-state index contributed by atoms with van der Waals surface area (Å²) in [6.07, 6.45) is 2.74. The number of carbonyl (C=O) groups excluding carboxylic acids is 1. The van der Waals surface area contributed by atoms with E-state index in [2.05, 4.69) is 15.4 Å². The molecule has 0 aliphatic carbocycles. The van der Waals surface area contributed by atoms with Crippen LogP contribution in [0.3, 0.4) is 0 Å². The molecule has 2 N–H and O–H groups in total. The number of aryl methyl sites for hydroxylation is 1. The maximum Gasteiger partial charge on any atom is 0.273 e. The SMILES string of the molecule is Cc1ccc2cc(C(=O)Nc3ccnn3CC3CCOC3)[nH]c2c1. The van der Waals surface area contributed by atoms with E-state index in [0.717, 1.165) is 42.6 Å². The lowest BCUT2D eigenvalue weighted by Crippen LogP contribution is -2.19. The van der Waals surface area contributed by atoms with E-state index in [9.17, 15) is 4.79 Å². The van der Waals surface area contributed by atoms with Gasteiger partial charge < -0.3 is 15.0 Å². The zero-order valence-electron chi connectivity index (χ0n) is 13.6. The normalized spacial score (nSPS) is 17.5. The first-order valence-electron chi connectivity index (χ1n) is 8.19. The number of ether oxygens (including phenoxy) is 1. The predicted octanol–water partition coefficient (Wildman–Crippen LogP) is 2.96. The molecule has 3 heterocycles. The van der Waals surface area contributed by atoms with Crippen molar-refractivity contribution in [3.05, 3.63) is 47.8 Å². The third-order valence-electron chi connectivity index (χ3n) is 4.44. The molecule has 0 bridgehead atoms. The van der Waals surface area contributed by atoms with Gasteiger partial charge in [0.25, 0.3) is 5.91 Å². The Hall–Kier alpha value is -2.60. The van der Waals surface area contributed by atoms with Gasteiger partial charge in [-0.05, 0) is 31.0 Å². The van der Waals surface area contributed by atoms with Gasteiger partial charge in [-0.15, -0.1) is 0 Å². The molecular weight excluding hydrogens is 304 g/mol. The number of benzene rings is 1. The number of hydrogen-bond acceptors (Lipinski definition) is 3. The van der Waals surface area contributed by atoms with Gasteiger partial charge in [-0.25, -0.2) is 4.68 Å². The van der Waals surface area contributed by atoms with Crippen molar-refractivity contribution in [1.29, 1.82) is 0 Å². The van der Waals surface area contributed by atoms with Crippen LogP contribution in [0.5, 0.6) is 0 Å². The lowest BCUT2D eigenvalue weighted by Gasteiger charge is -2.11. The number of rotatable bonds is 4. The molecule has 1 aliphatic rings. The van der Waals surface area contributed by atoms with Crippen LogP contribution in [0.15, 0.2) is 36.5 Å². The Morgan fingerprint density at radius 3 is 3.17 bits per heavy atom. The highest BCUT2D eigenvalue weighted by molar-refractivity contribution is 6.05. The number of nitrogens with zero attached hydrogens (tertiary/aromatic N) is 2. The first kappa shape index (κ1) is 15.0. The molecule has 3 aromatic rings. The largest absolute Gasteiger partial charge is 0.381 e. The summed E-state index contributed by atoms with van der Waals surface area (Å²) >= 11 is 0. The summed E-state index contributed by atoms with van der Waals surface area (Å²) < 4.78 is 7.24. The summed E-state index contributed by atoms with van der Waals surface area (Å²) in [6.45, 7) is 4.36. The highest BCUT2D eigenvalue weighted by Crippen LogP contribution is 2.20. The second-order valence-electron chi connectivity index (χ2n) is 6.36. The van der Waals surface area contributed by atoms with Crippen LogP contribution in [0.4, 0.5) is 5.82 Å². The Morgan fingerprint density at radius 1 is 1.42 bits per heavy atom. The predicted molar refractivity (Wildman–Crippen MR) is 92.1 cm³/mol. The molecule has 1 saturated heterocycles. The number of carbonyl (C=O) groups is 1. The minimum absolute atomic E-state index is 0.159. The summed E-state index contributed by atoms with van der Waals surface area (Å²) in [6, 6.07) is 9.78. The molecule has 0 radical (unpaired) electrons. The summed E-state index contributed by atoms with van der Waals surface area (Å²) in [5.74, 6) is 1.01. The van der Waals surface area contributed by atoms with Gasteiger partial charge in [-0.2, -0.15) is 5.10 Å². The monoisotopic (exact) mass is 324 g/mol. The van der Waals surface area contributed by atoms with E-state index in [1.54, 1.807) is 6.20 Å². The van der Waals surface area contributed by atoms with Gasteiger partial charge in [-0.3, -0.25) is 4.79 Å². The number of aromatic nitrogens is 3. The van der Waals surface area contributed by atoms with Gasteiger partial charge in [0.1, 0.15) is 11.5 Å². The van der Waals surface area contributed by atoms with Crippen LogP contribution in [0.25, 0.3) is 10.9 Å². The first-order valence-corrected chi connectivity index (χ1v) is 8.19. The molecule has 1 atom stereocenters. The van der Waals surface area contributed by atoms with Gasteiger partial charge >= 0.3 is 0 Å². The highest BCUT2D eigenvalue weighted by atomic mass is 16.5. The Balaban J connectivity index is 1.52. The van der Waals surface area contributed by atoms with Crippen LogP contribution in [-0.4, -0.2) is 33.9 Å². The Kier molecular flexibility index (Phi) is 3.82. The van der Waals surface area contributed by atoms with Crippen LogP contribution in [0.1, 0.15) is 22.5 Å². The molecule has 1 aliphatic heterocycles. The fourth-order valence-corrected chi connectivity index (χ4v) is 3.10. The smallest absolute Gasteiger partial charge is 0.273 e. The molecular formula is C18H20N4O2. The number of anilines is 1. The summed E-state index contributed by atoms with van der Waals surface area (Å²) in [5, 5.41) is 8.29. The van der Waals surface area contributed by atoms with Crippen molar-refractivity contribution in [1.82, 2.24) is 14.8 Å². The quantitative estimate of drug-likeness (QED) is 0.775. The van der Waals surface area contributed by atoms with Gasteiger partial charge in [0.05, 0.1) is 12.8 Å². The van der Waals surface area contributed by atoms with Crippen LogP contribution in [0, 0.1) is 12.8 Å². The lowest BCUT2D eigenvalue weighted by molar-refractivity contribution is 0.102. The Morgan fingerprint density at radius 2 is 2.33 bits per heavy atom. The Bertz CT molecular complexity index is 874. The average molecular weight is 324 g/mol. The van der Waals surface area contributed by atoms with Crippen LogP contribution in [-0.2, 0) is 11.3 Å². The Labute approximate surface area is 139 Å².